The first-order valence-electron chi connectivity index (χ1n) is 10.6. The number of benzene rings is 2. The van der Waals surface area contributed by atoms with E-state index in [2.05, 4.69) is 10.3 Å². The van der Waals surface area contributed by atoms with Crippen molar-refractivity contribution in [3.05, 3.63) is 86.4 Å². The molecule has 3 amide bonds. The van der Waals surface area contributed by atoms with Crippen molar-refractivity contribution >= 4 is 29.3 Å². The lowest BCUT2D eigenvalue weighted by Crippen LogP contribution is -2.40. The van der Waals surface area contributed by atoms with Crippen LogP contribution in [0.3, 0.4) is 0 Å². The summed E-state index contributed by atoms with van der Waals surface area (Å²) in [5.41, 5.74) is 0.381. The molecular weight excluding hydrogens is 498 g/mol. The summed E-state index contributed by atoms with van der Waals surface area (Å²) in [5, 5.41) is 2.14. The fraction of sp³-hybridized carbons (Fsp3) is 0.208. The number of hydrogen-bond donors (Lipinski definition) is 1. The van der Waals surface area contributed by atoms with Gasteiger partial charge < -0.3 is 10.1 Å². The van der Waals surface area contributed by atoms with Gasteiger partial charge in [-0.3, -0.25) is 28.6 Å². The summed E-state index contributed by atoms with van der Waals surface area (Å²) in [5.74, 6) is -3.32. The molecule has 0 aliphatic carbocycles. The van der Waals surface area contributed by atoms with Crippen molar-refractivity contribution in [2.75, 3.05) is 7.05 Å². The summed E-state index contributed by atoms with van der Waals surface area (Å²) in [6.07, 6.45) is 1.00. The number of nitrogens with zero attached hydrogens (tertiary/aromatic N) is 3. The number of amides is 3. The molecule has 1 aliphatic rings. The smallest absolute Gasteiger partial charge is 0.280 e. The van der Waals surface area contributed by atoms with Gasteiger partial charge in [-0.25, -0.2) is 13.8 Å². The fourth-order valence-electron chi connectivity index (χ4n) is 3.59. The first-order valence-corrected chi connectivity index (χ1v) is 11.0. The second-order valence-corrected chi connectivity index (χ2v) is 8.46. The van der Waals surface area contributed by atoms with E-state index in [0.717, 1.165) is 21.9 Å². The highest BCUT2D eigenvalue weighted by atomic mass is 35.5. The number of rotatable bonds is 6. The Morgan fingerprint density at radius 3 is 2.61 bits per heavy atom. The minimum absolute atomic E-state index is 0.0432. The zero-order chi connectivity index (χ0) is 26.1. The fourth-order valence-corrected chi connectivity index (χ4v) is 3.79. The second-order valence-electron chi connectivity index (χ2n) is 8.09. The number of halogens is 3. The van der Waals surface area contributed by atoms with Crippen LogP contribution in [0.15, 0.2) is 47.5 Å². The van der Waals surface area contributed by atoms with E-state index in [1.54, 1.807) is 13.0 Å². The lowest BCUT2D eigenvalue weighted by atomic mass is 10.1. The molecule has 4 rings (SSSR count). The molecule has 1 N–H and O–H groups in total. The number of aromatic nitrogens is 2. The van der Waals surface area contributed by atoms with Crippen molar-refractivity contribution in [3.63, 3.8) is 0 Å². The Hall–Kier alpha value is -4.12. The summed E-state index contributed by atoms with van der Waals surface area (Å²) >= 11 is 6.16. The largest absolute Gasteiger partial charge is 0.471 e. The van der Waals surface area contributed by atoms with Gasteiger partial charge in [0.2, 0.25) is 11.8 Å². The minimum Gasteiger partial charge on any atom is -0.471 e. The van der Waals surface area contributed by atoms with Crippen LogP contribution in [-0.4, -0.2) is 45.3 Å². The summed E-state index contributed by atoms with van der Waals surface area (Å²) in [4.78, 5) is 54.4. The van der Waals surface area contributed by atoms with Gasteiger partial charge in [0, 0.05) is 24.2 Å². The summed E-state index contributed by atoms with van der Waals surface area (Å²) in [6, 6.07) is 6.53. The number of hydrogen-bond acceptors (Lipinski definition) is 6. The monoisotopic (exact) mass is 516 g/mol. The van der Waals surface area contributed by atoms with Crippen LogP contribution in [0.25, 0.3) is 5.69 Å². The van der Waals surface area contributed by atoms with Gasteiger partial charge in [0.15, 0.2) is 5.02 Å². The average Bonchev–Trinajstić information content (AvgIpc) is 3.08. The van der Waals surface area contributed by atoms with Crippen molar-refractivity contribution in [3.8, 4) is 11.6 Å². The van der Waals surface area contributed by atoms with Crippen LogP contribution in [0.2, 0.25) is 5.02 Å². The van der Waals surface area contributed by atoms with E-state index in [9.17, 15) is 28.0 Å². The van der Waals surface area contributed by atoms with Gasteiger partial charge in [0.05, 0.1) is 12.1 Å². The van der Waals surface area contributed by atoms with Crippen molar-refractivity contribution < 1.29 is 27.9 Å². The Morgan fingerprint density at radius 1 is 1.19 bits per heavy atom. The summed E-state index contributed by atoms with van der Waals surface area (Å²) in [7, 11) is 1.34. The molecule has 1 saturated heterocycles. The number of imide groups is 1. The van der Waals surface area contributed by atoms with Gasteiger partial charge in [-0.15, -0.1) is 0 Å². The maximum atomic E-state index is 13.8. The molecule has 0 unspecified atom stereocenters. The van der Waals surface area contributed by atoms with Crippen molar-refractivity contribution in [2.45, 2.75) is 26.0 Å². The van der Waals surface area contributed by atoms with Crippen LogP contribution in [0.1, 0.15) is 27.9 Å². The third kappa shape index (κ3) is 4.82. The molecule has 0 saturated carbocycles. The normalized spacial score (nSPS) is 15.4. The molecule has 1 fully saturated rings. The molecule has 0 bridgehead atoms. The highest BCUT2D eigenvalue weighted by Crippen LogP contribution is 2.22. The molecule has 0 spiro atoms. The van der Waals surface area contributed by atoms with E-state index in [1.807, 2.05) is 0 Å². The van der Waals surface area contributed by atoms with Gasteiger partial charge in [-0.05, 0) is 36.8 Å². The Kier molecular flexibility index (Phi) is 6.84. The van der Waals surface area contributed by atoms with Gasteiger partial charge in [-0.1, -0.05) is 17.7 Å². The third-order valence-electron chi connectivity index (χ3n) is 5.68. The standard InChI is InChI=1S/C24H19ClF2N4O5/c1-12-3-4-13(21(33)29-17-9-19(32)30(2)23(17)34)7-18(12)31-11-28-22(20(25)24(31)35)36-10-14-5-6-15(26)8-16(14)27/h3-8,11,17H,9-10H2,1-2H3,(H,29,33)/t17-/m0/s1. The van der Waals surface area contributed by atoms with Gasteiger partial charge >= 0.3 is 0 Å². The number of aryl methyl sites for hydroxylation is 1. The van der Waals surface area contributed by atoms with E-state index in [-0.39, 0.29) is 35.1 Å². The molecule has 186 valence electrons. The lowest BCUT2D eigenvalue weighted by Gasteiger charge is -2.14. The number of likely N-dealkylation sites (N-methyl/N-ethyl adjacent to an activating group) is 1. The van der Waals surface area contributed by atoms with E-state index in [1.165, 1.54) is 25.2 Å². The number of carbonyl (C=O) groups excluding carboxylic acids is 3. The minimum atomic E-state index is -0.971. The quantitative estimate of drug-likeness (QED) is 0.504. The van der Waals surface area contributed by atoms with Crippen LogP contribution < -0.4 is 15.6 Å². The molecule has 1 aromatic heterocycles. The topological polar surface area (TPSA) is 111 Å². The third-order valence-corrected chi connectivity index (χ3v) is 6.01. The number of nitrogens with one attached hydrogen (secondary N) is 1. The molecule has 2 aromatic carbocycles. The first-order chi connectivity index (χ1) is 17.1. The SMILES string of the molecule is Cc1ccc(C(=O)N[C@H]2CC(=O)N(C)C2=O)cc1-n1cnc(OCc2ccc(F)cc2F)c(Cl)c1=O. The van der Waals surface area contributed by atoms with Gasteiger partial charge in [0.1, 0.15) is 30.6 Å². The highest BCUT2D eigenvalue weighted by molar-refractivity contribution is 6.31. The maximum Gasteiger partial charge on any atom is 0.280 e. The molecule has 0 radical (unpaired) electrons. The average molecular weight is 517 g/mol. The van der Waals surface area contributed by atoms with Crippen molar-refractivity contribution in [2.24, 2.45) is 0 Å². The van der Waals surface area contributed by atoms with Crippen LogP contribution in [0.4, 0.5) is 8.78 Å². The molecule has 12 heteroatoms. The molecule has 1 atom stereocenters. The Bertz CT molecular complexity index is 1460. The van der Waals surface area contributed by atoms with E-state index < -0.39 is 41.0 Å². The second kappa shape index (κ2) is 9.86. The Labute approximate surface area is 208 Å². The number of carbonyl (C=O) groups is 3. The molecule has 2 heterocycles. The predicted octanol–water partition coefficient (Wildman–Crippen LogP) is 2.54. The van der Waals surface area contributed by atoms with E-state index in [4.69, 9.17) is 16.3 Å². The number of ether oxygens (including phenoxy) is 1. The molecular formula is C24H19ClF2N4O5. The van der Waals surface area contributed by atoms with Gasteiger partial charge in [0.25, 0.3) is 17.4 Å². The zero-order valence-electron chi connectivity index (χ0n) is 19.0. The first kappa shape index (κ1) is 25.0. The van der Waals surface area contributed by atoms with Crippen LogP contribution in [0.5, 0.6) is 5.88 Å². The predicted molar refractivity (Wildman–Crippen MR) is 124 cm³/mol. The zero-order valence-corrected chi connectivity index (χ0v) is 19.8. The van der Waals surface area contributed by atoms with Crippen LogP contribution >= 0.6 is 11.6 Å². The summed E-state index contributed by atoms with van der Waals surface area (Å²) < 4.78 is 33.4. The maximum absolute atomic E-state index is 13.8. The van der Waals surface area contributed by atoms with E-state index in [0.29, 0.717) is 17.3 Å². The van der Waals surface area contributed by atoms with Crippen molar-refractivity contribution in [1.29, 1.82) is 0 Å². The Balaban J connectivity index is 1.57. The Morgan fingerprint density at radius 2 is 1.94 bits per heavy atom. The lowest BCUT2D eigenvalue weighted by molar-refractivity contribution is -0.137. The van der Waals surface area contributed by atoms with Crippen LogP contribution in [0, 0.1) is 18.6 Å². The van der Waals surface area contributed by atoms with Gasteiger partial charge in [-0.2, -0.15) is 0 Å². The number of likely N-dealkylation sites (tertiary alicyclic amines) is 1. The van der Waals surface area contributed by atoms with Crippen molar-refractivity contribution in [1.82, 2.24) is 19.8 Å². The molecule has 9 nitrogen and oxygen atoms in total. The molecule has 1 aliphatic heterocycles. The molecule has 3 aromatic rings. The highest BCUT2D eigenvalue weighted by Gasteiger charge is 2.37. The van der Waals surface area contributed by atoms with E-state index >= 15 is 0 Å². The summed E-state index contributed by atoms with van der Waals surface area (Å²) in [6.45, 7) is 1.36. The molecule has 36 heavy (non-hydrogen) atoms. The van der Waals surface area contributed by atoms with Crippen LogP contribution in [-0.2, 0) is 16.2 Å².